The molecule has 0 saturated carbocycles. The number of anilines is 1. The molecule has 0 bridgehead atoms. The Hall–Kier alpha value is -2.12. The lowest BCUT2D eigenvalue weighted by molar-refractivity contribution is -0.125. The quantitative estimate of drug-likeness (QED) is 0.702. The third kappa shape index (κ3) is 5.57. The Morgan fingerprint density at radius 3 is 2.61 bits per heavy atom. The molecule has 1 amide bonds. The fourth-order valence-corrected chi connectivity index (χ4v) is 4.56. The number of hydrogen-bond donors (Lipinski definition) is 1. The number of imidazole rings is 1. The van der Waals surface area contributed by atoms with Crippen molar-refractivity contribution in [3.8, 4) is 0 Å². The van der Waals surface area contributed by atoms with E-state index in [-0.39, 0.29) is 11.8 Å². The first-order valence-electron chi connectivity index (χ1n) is 11.9. The Balaban J connectivity index is 1.32. The van der Waals surface area contributed by atoms with E-state index >= 15 is 0 Å². The number of nitrogens with one attached hydrogen (secondary N) is 1. The molecule has 1 N–H and O–H groups in total. The number of hydrogen-bond acceptors (Lipinski definition) is 5. The number of amides is 1. The van der Waals surface area contributed by atoms with Crippen LogP contribution < -0.4 is 10.2 Å². The number of rotatable bonds is 8. The Bertz CT molecular complexity index is 851. The molecule has 0 radical (unpaired) electrons. The summed E-state index contributed by atoms with van der Waals surface area (Å²) in [6, 6.07) is 8.41. The van der Waals surface area contributed by atoms with Gasteiger partial charge in [0.05, 0.1) is 24.2 Å². The molecule has 0 atom stereocenters. The van der Waals surface area contributed by atoms with Crippen molar-refractivity contribution < 1.29 is 9.53 Å². The fraction of sp³-hybridized carbons (Fsp3) is 0.667. The van der Waals surface area contributed by atoms with E-state index in [1.165, 1.54) is 5.52 Å². The van der Waals surface area contributed by atoms with Crippen LogP contribution in [-0.4, -0.2) is 72.8 Å². The Morgan fingerprint density at radius 2 is 1.87 bits per heavy atom. The lowest BCUT2D eigenvalue weighted by atomic mass is 9.96. The third-order valence-electron chi connectivity index (χ3n) is 6.54. The van der Waals surface area contributed by atoms with Gasteiger partial charge in [-0.2, -0.15) is 0 Å². The molecule has 0 unspecified atom stereocenters. The maximum absolute atomic E-state index is 12.7. The molecular formula is C24H37N5O2. The highest BCUT2D eigenvalue weighted by molar-refractivity contribution is 5.80. The Labute approximate surface area is 185 Å². The SMILES string of the molecule is CC(C)CCn1c(N2CCC(C(=O)NCCN3CCOCC3)CC2)nc2ccccc21. The largest absolute Gasteiger partial charge is 0.379 e. The van der Waals surface area contributed by atoms with Crippen LogP contribution in [0.4, 0.5) is 5.95 Å². The summed E-state index contributed by atoms with van der Waals surface area (Å²) >= 11 is 0. The average Bonchev–Trinajstić information content (AvgIpc) is 3.17. The molecule has 1 aromatic carbocycles. The van der Waals surface area contributed by atoms with Crippen LogP contribution in [0.3, 0.4) is 0 Å². The summed E-state index contributed by atoms with van der Waals surface area (Å²) < 4.78 is 7.76. The molecule has 0 aliphatic carbocycles. The second kappa shape index (κ2) is 10.5. The number of ether oxygens (including phenoxy) is 1. The van der Waals surface area contributed by atoms with Crippen LogP contribution in [0.15, 0.2) is 24.3 Å². The van der Waals surface area contributed by atoms with Gasteiger partial charge in [-0.1, -0.05) is 26.0 Å². The van der Waals surface area contributed by atoms with Crippen molar-refractivity contribution in [3.05, 3.63) is 24.3 Å². The van der Waals surface area contributed by atoms with Crippen LogP contribution in [0.1, 0.15) is 33.1 Å². The van der Waals surface area contributed by atoms with Gasteiger partial charge in [-0.25, -0.2) is 4.98 Å². The predicted octanol–water partition coefficient (Wildman–Crippen LogP) is 2.75. The minimum Gasteiger partial charge on any atom is -0.379 e. The Morgan fingerprint density at radius 1 is 1.13 bits per heavy atom. The van der Waals surface area contributed by atoms with E-state index in [0.717, 1.165) is 89.8 Å². The van der Waals surface area contributed by atoms with Crippen LogP contribution in [0.5, 0.6) is 0 Å². The molecule has 31 heavy (non-hydrogen) atoms. The number of carbonyl (C=O) groups excluding carboxylic acids is 1. The first-order valence-corrected chi connectivity index (χ1v) is 11.9. The molecule has 3 heterocycles. The highest BCUT2D eigenvalue weighted by atomic mass is 16.5. The molecule has 1 aromatic heterocycles. The first-order chi connectivity index (χ1) is 15.1. The smallest absolute Gasteiger partial charge is 0.223 e. The standard InChI is InChI=1S/C24H37N5O2/c1-19(2)7-13-29-22-6-4-3-5-21(22)26-24(29)28-11-8-20(9-12-28)23(30)25-10-14-27-15-17-31-18-16-27/h3-6,19-20H,7-18H2,1-2H3,(H,25,30). The molecular weight excluding hydrogens is 390 g/mol. The van der Waals surface area contributed by atoms with E-state index in [4.69, 9.17) is 9.72 Å². The summed E-state index contributed by atoms with van der Waals surface area (Å²) in [5.41, 5.74) is 2.27. The molecule has 0 spiro atoms. The van der Waals surface area contributed by atoms with E-state index in [1.807, 2.05) is 0 Å². The van der Waals surface area contributed by atoms with Gasteiger partial charge in [-0.05, 0) is 37.3 Å². The van der Waals surface area contributed by atoms with Crippen LogP contribution in [0.25, 0.3) is 11.0 Å². The minimum absolute atomic E-state index is 0.106. The number of aryl methyl sites for hydroxylation is 1. The van der Waals surface area contributed by atoms with Crippen molar-refractivity contribution in [2.45, 2.75) is 39.7 Å². The monoisotopic (exact) mass is 427 g/mol. The van der Waals surface area contributed by atoms with E-state index in [1.54, 1.807) is 0 Å². The highest BCUT2D eigenvalue weighted by Gasteiger charge is 2.27. The van der Waals surface area contributed by atoms with Gasteiger partial charge >= 0.3 is 0 Å². The topological polar surface area (TPSA) is 62.6 Å². The van der Waals surface area contributed by atoms with E-state index in [9.17, 15) is 4.79 Å². The average molecular weight is 428 g/mol. The summed E-state index contributed by atoms with van der Waals surface area (Å²) in [7, 11) is 0. The number of aromatic nitrogens is 2. The van der Waals surface area contributed by atoms with Crippen LogP contribution in [0.2, 0.25) is 0 Å². The molecule has 2 aliphatic heterocycles. The second-order valence-corrected chi connectivity index (χ2v) is 9.24. The van der Waals surface area contributed by atoms with Crippen LogP contribution in [-0.2, 0) is 16.1 Å². The highest BCUT2D eigenvalue weighted by Crippen LogP contribution is 2.27. The van der Waals surface area contributed by atoms with Gasteiger partial charge in [0.2, 0.25) is 11.9 Å². The van der Waals surface area contributed by atoms with Gasteiger partial charge < -0.3 is 19.5 Å². The van der Waals surface area contributed by atoms with Crippen molar-refractivity contribution in [2.24, 2.45) is 11.8 Å². The summed E-state index contributed by atoms with van der Waals surface area (Å²) in [6.45, 7) is 12.4. The molecule has 2 fully saturated rings. The molecule has 2 aliphatic rings. The first kappa shape index (κ1) is 22.1. The van der Waals surface area contributed by atoms with Crippen LogP contribution in [0, 0.1) is 11.8 Å². The lowest BCUT2D eigenvalue weighted by Gasteiger charge is -2.33. The molecule has 4 rings (SSSR count). The molecule has 2 saturated heterocycles. The van der Waals surface area contributed by atoms with Gasteiger partial charge in [0.25, 0.3) is 0 Å². The zero-order valence-electron chi connectivity index (χ0n) is 19.1. The van der Waals surface area contributed by atoms with Crippen molar-refractivity contribution >= 4 is 22.9 Å². The van der Waals surface area contributed by atoms with Gasteiger partial charge in [-0.3, -0.25) is 9.69 Å². The summed E-state index contributed by atoms with van der Waals surface area (Å²) in [5.74, 6) is 2.03. The van der Waals surface area contributed by atoms with E-state index in [2.05, 4.69) is 57.8 Å². The molecule has 170 valence electrons. The predicted molar refractivity (Wildman–Crippen MR) is 124 cm³/mol. The van der Waals surface area contributed by atoms with E-state index in [0.29, 0.717) is 5.92 Å². The summed E-state index contributed by atoms with van der Waals surface area (Å²) in [5, 5.41) is 3.16. The van der Waals surface area contributed by atoms with E-state index < -0.39 is 0 Å². The van der Waals surface area contributed by atoms with Crippen molar-refractivity contribution in [3.63, 3.8) is 0 Å². The van der Waals surface area contributed by atoms with Gasteiger partial charge in [0.15, 0.2) is 0 Å². The summed E-state index contributed by atoms with van der Waals surface area (Å²) in [6.07, 6.45) is 2.91. The second-order valence-electron chi connectivity index (χ2n) is 9.24. The van der Waals surface area contributed by atoms with Crippen molar-refractivity contribution in [1.82, 2.24) is 19.8 Å². The maximum Gasteiger partial charge on any atom is 0.223 e. The number of piperidine rings is 1. The number of carbonyl (C=O) groups is 1. The maximum atomic E-state index is 12.7. The summed E-state index contributed by atoms with van der Waals surface area (Å²) in [4.78, 5) is 22.4. The van der Waals surface area contributed by atoms with Crippen molar-refractivity contribution in [2.75, 3.05) is 57.4 Å². The van der Waals surface area contributed by atoms with Gasteiger partial charge in [0.1, 0.15) is 0 Å². The van der Waals surface area contributed by atoms with Crippen molar-refractivity contribution in [1.29, 1.82) is 0 Å². The Kier molecular flexibility index (Phi) is 7.45. The fourth-order valence-electron chi connectivity index (χ4n) is 4.56. The number of para-hydroxylation sites is 2. The zero-order valence-corrected chi connectivity index (χ0v) is 19.1. The number of benzene rings is 1. The molecule has 7 nitrogen and oxygen atoms in total. The zero-order chi connectivity index (χ0) is 21.6. The lowest BCUT2D eigenvalue weighted by Crippen LogP contribution is -2.44. The van der Waals surface area contributed by atoms with Gasteiger partial charge in [-0.15, -0.1) is 0 Å². The van der Waals surface area contributed by atoms with Gasteiger partial charge in [0, 0.05) is 51.7 Å². The third-order valence-corrected chi connectivity index (χ3v) is 6.54. The number of fused-ring (bicyclic) bond motifs is 1. The number of nitrogens with zero attached hydrogens (tertiary/aromatic N) is 4. The number of morpholine rings is 1. The van der Waals surface area contributed by atoms with Crippen LogP contribution >= 0.6 is 0 Å². The normalized spacial score (nSPS) is 18.7. The molecule has 2 aromatic rings. The molecule has 7 heteroatoms. The minimum atomic E-state index is 0.106.